The number of carboxylic acids is 1. The number of carboxylic acid groups (broad SMARTS) is 1. The molecule has 180 valence electrons. The zero-order valence-corrected chi connectivity index (χ0v) is 19.2. The van der Waals surface area contributed by atoms with Gasteiger partial charge >= 0.3 is 5.97 Å². The van der Waals surface area contributed by atoms with Gasteiger partial charge in [0.1, 0.15) is 0 Å². The van der Waals surface area contributed by atoms with Crippen molar-refractivity contribution in [1.82, 2.24) is 0 Å². The predicted molar refractivity (Wildman–Crippen MR) is 128 cm³/mol. The summed E-state index contributed by atoms with van der Waals surface area (Å²) in [5.41, 5.74) is 4.55. The van der Waals surface area contributed by atoms with E-state index in [1.807, 2.05) is 13.0 Å². The zero-order valence-electron chi connectivity index (χ0n) is 19.2. The lowest BCUT2D eigenvalue weighted by atomic mass is 9.91. The molecule has 3 N–H and O–H groups in total. The van der Waals surface area contributed by atoms with Gasteiger partial charge in [-0.3, -0.25) is 4.79 Å². The number of aliphatic hydroxyl groups is 1. The number of benzene rings is 3. The lowest BCUT2D eigenvalue weighted by molar-refractivity contribution is -0.118. The molecule has 0 spiro atoms. The zero-order chi connectivity index (χ0) is 25.0. The Morgan fingerprint density at radius 3 is 2.40 bits per heavy atom. The summed E-state index contributed by atoms with van der Waals surface area (Å²) in [5.74, 6) is -4.03. The van der Waals surface area contributed by atoms with Crippen molar-refractivity contribution in [1.29, 1.82) is 0 Å². The molecule has 0 bridgehead atoms. The van der Waals surface area contributed by atoms with Gasteiger partial charge in [0.2, 0.25) is 5.91 Å². The number of alkyl halides is 2. The fourth-order valence-electron chi connectivity index (χ4n) is 4.99. The number of carbonyl (C=O) groups is 2. The highest BCUT2D eigenvalue weighted by Crippen LogP contribution is 2.50. The molecular weight excluding hydrogens is 452 g/mol. The Bertz CT molecular complexity index is 1360. The molecule has 35 heavy (non-hydrogen) atoms. The van der Waals surface area contributed by atoms with Gasteiger partial charge in [0, 0.05) is 18.5 Å². The first-order valence-electron chi connectivity index (χ1n) is 11.5. The second-order valence-electron chi connectivity index (χ2n) is 9.59. The third-order valence-electron chi connectivity index (χ3n) is 7.16. The van der Waals surface area contributed by atoms with Crippen molar-refractivity contribution in [2.24, 2.45) is 0 Å². The smallest absolute Gasteiger partial charge is 0.336 e. The normalized spacial score (nSPS) is 17.0. The van der Waals surface area contributed by atoms with Crippen LogP contribution in [0.2, 0.25) is 0 Å². The van der Waals surface area contributed by atoms with E-state index in [2.05, 4.69) is 5.32 Å². The van der Waals surface area contributed by atoms with Crippen molar-refractivity contribution in [2.45, 2.75) is 50.6 Å². The highest BCUT2D eigenvalue weighted by molar-refractivity contribution is 6.02. The number of amides is 1. The number of anilines is 1. The Morgan fingerprint density at radius 2 is 1.71 bits per heavy atom. The van der Waals surface area contributed by atoms with Crippen molar-refractivity contribution in [3.8, 4) is 11.1 Å². The second-order valence-corrected chi connectivity index (χ2v) is 9.59. The number of fused-ring (bicyclic) bond motifs is 1. The average Bonchev–Trinajstić information content (AvgIpc) is 3.57. The Kier molecular flexibility index (Phi) is 5.48. The van der Waals surface area contributed by atoms with E-state index in [0.29, 0.717) is 40.8 Å². The molecule has 7 heteroatoms. The molecule has 3 aromatic carbocycles. The van der Waals surface area contributed by atoms with Crippen molar-refractivity contribution in [3.63, 3.8) is 0 Å². The summed E-state index contributed by atoms with van der Waals surface area (Å²) >= 11 is 0. The third kappa shape index (κ3) is 4.21. The SMILES string of the molecule is Cc1ccc(NC(=O)C2(c3ccc4c(c3)CC(F)(F)C4)CC2)cc1-c1ccc(CO)c(C(=O)O)c1. The summed E-state index contributed by atoms with van der Waals surface area (Å²) in [6.45, 7) is 1.52. The first-order chi connectivity index (χ1) is 16.6. The van der Waals surface area contributed by atoms with Crippen LogP contribution >= 0.6 is 0 Å². The summed E-state index contributed by atoms with van der Waals surface area (Å²) in [4.78, 5) is 24.9. The minimum atomic E-state index is -2.73. The van der Waals surface area contributed by atoms with E-state index < -0.39 is 17.3 Å². The molecule has 2 aliphatic carbocycles. The molecule has 1 fully saturated rings. The lowest BCUT2D eigenvalue weighted by Crippen LogP contribution is -2.28. The number of hydrogen-bond acceptors (Lipinski definition) is 3. The number of aryl methyl sites for hydroxylation is 1. The van der Waals surface area contributed by atoms with Gasteiger partial charge in [0.15, 0.2) is 0 Å². The maximum Gasteiger partial charge on any atom is 0.336 e. The average molecular weight is 478 g/mol. The number of carbonyl (C=O) groups excluding carboxylic acids is 1. The summed E-state index contributed by atoms with van der Waals surface area (Å²) in [6.07, 6.45) is 0.758. The Hall–Kier alpha value is -3.58. The van der Waals surface area contributed by atoms with Gasteiger partial charge in [0.05, 0.1) is 17.6 Å². The molecule has 0 heterocycles. The molecule has 1 amide bonds. The van der Waals surface area contributed by atoms with Gasteiger partial charge in [-0.05, 0) is 76.9 Å². The van der Waals surface area contributed by atoms with Crippen molar-refractivity contribution in [2.75, 3.05) is 5.32 Å². The van der Waals surface area contributed by atoms with Gasteiger partial charge in [-0.25, -0.2) is 13.6 Å². The Labute approximate surface area is 201 Å². The summed E-state index contributed by atoms with van der Waals surface area (Å²) < 4.78 is 27.6. The van der Waals surface area contributed by atoms with Crippen LogP contribution in [0, 0.1) is 6.92 Å². The topological polar surface area (TPSA) is 86.6 Å². The standard InChI is InChI=1S/C28H25F2NO4/c1-16-2-7-22(12-23(16)17-3-4-19(15-32)24(11-17)25(33)34)31-26(35)27(8-9-27)21-6-5-18-13-28(29,30)14-20(18)10-21/h2-7,10-12,32H,8-9,13-15H2,1H3,(H,31,35)(H,33,34). The third-order valence-corrected chi connectivity index (χ3v) is 7.16. The van der Waals surface area contributed by atoms with Crippen LogP contribution in [-0.2, 0) is 29.7 Å². The second kappa shape index (κ2) is 8.27. The molecular formula is C28H25F2NO4. The van der Waals surface area contributed by atoms with E-state index >= 15 is 0 Å². The molecule has 0 radical (unpaired) electrons. The van der Waals surface area contributed by atoms with Crippen molar-refractivity contribution in [3.05, 3.63) is 88.0 Å². The van der Waals surface area contributed by atoms with E-state index in [-0.39, 0.29) is 30.9 Å². The molecule has 0 saturated heterocycles. The van der Waals surface area contributed by atoms with Gasteiger partial charge in [-0.15, -0.1) is 0 Å². The van der Waals surface area contributed by atoms with Crippen LogP contribution in [0.5, 0.6) is 0 Å². The first-order valence-corrected chi connectivity index (χ1v) is 11.5. The monoisotopic (exact) mass is 477 g/mol. The highest BCUT2D eigenvalue weighted by Gasteiger charge is 2.52. The quantitative estimate of drug-likeness (QED) is 0.452. The van der Waals surface area contributed by atoms with E-state index in [4.69, 9.17) is 0 Å². The molecule has 0 unspecified atom stereocenters. The highest BCUT2D eigenvalue weighted by atomic mass is 19.3. The number of aliphatic hydroxyl groups excluding tert-OH is 1. The largest absolute Gasteiger partial charge is 0.478 e. The van der Waals surface area contributed by atoms with Gasteiger partial charge in [-0.2, -0.15) is 0 Å². The van der Waals surface area contributed by atoms with E-state index in [9.17, 15) is 28.6 Å². The van der Waals surface area contributed by atoms with Gasteiger partial charge in [0.25, 0.3) is 5.92 Å². The van der Waals surface area contributed by atoms with Crippen LogP contribution < -0.4 is 5.32 Å². The summed E-state index contributed by atoms with van der Waals surface area (Å²) in [5, 5.41) is 21.9. The van der Waals surface area contributed by atoms with Crippen LogP contribution in [0.4, 0.5) is 14.5 Å². The van der Waals surface area contributed by atoms with Crippen LogP contribution in [0.1, 0.15) is 51.0 Å². The van der Waals surface area contributed by atoms with Crippen molar-refractivity contribution < 1.29 is 28.6 Å². The molecule has 0 aliphatic heterocycles. The van der Waals surface area contributed by atoms with Gasteiger partial charge in [-0.1, -0.05) is 36.4 Å². The Morgan fingerprint density at radius 1 is 0.971 bits per heavy atom. The first kappa shape index (κ1) is 23.2. The molecule has 5 rings (SSSR count). The minimum Gasteiger partial charge on any atom is -0.478 e. The van der Waals surface area contributed by atoms with Crippen LogP contribution in [0.15, 0.2) is 54.6 Å². The molecule has 5 nitrogen and oxygen atoms in total. The maximum atomic E-state index is 13.8. The van der Waals surface area contributed by atoms with Crippen molar-refractivity contribution >= 4 is 17.6 Å². The predicted octanol–water partition coefficient (Wildman–Crippen LogP) is 5.26. The number of halogens is 2. The number of rotatable bonds is 6. The van der Waals surface area contributed by atoms with E-state index in [1.165, 1.54) is 6.07 Å². The van der Waals surface area contributed by atoms with Crippen LogP contribution in [-0.4, -0.2) is 28.0 Å². The van der Waals surface area contributed by atoms with E-state index in [1.54, 1.807) is 42.5 Å². The molecule has 1 saturated carbocycles. The summed E-state index contributed by atoms with van der Waals surface area (Å²) in [6, 6.07) is 15.6. The number of nitrogens with one attached hydrogen (secondary N) is 1. The van der Waals surface area contributed by atoms with E-state index in [0.717, 1.165) is 16.7 Å². The molecule has 3 aromatic rings. The fourth-order valence-corrected chi connectivity index (χ4v) is 4.99. The maximum absolute atomic E-state index is 13.8. The lowest BCUT2D eigenvalue weighted by Gasteiger charge is -2.18. The molecule has 2 aliphatic rings. The fraction of sp³-hybridized carbons (Fsp3) is 0.286. The molecule has 0 aromatic heterocycles. The number of aromatic carboxylic acids is 1. The molecule has 0 atom stereocenters. The van der Waals surface area contributed by atoms with Gasteiger partial charge < -0.3 is 15.5 Å². The number of hydrogen-bond donors (Lipinski definition) is 3. The van der Waals surface area contributed by atoms with Crippen LogP contribution in [0.3, 0.4) is 0 Å². The minimum absolute atomic E-state index is 0.0259. The summed E-state index contributed by atoms with van der Waals surface area (Å²) in [7, 11) is 0. The van der Waals surface area contributed by atoms with Crippen LogP contribution in [0.25, 0.3) is 11.1 Å². The Balaban J connectivity index is 1.41.